The largest absolute Gasteiger partial charge is 0.444 e. The van der Waals surface area contributed by atoms with Crippen molar-refractivity contribution in [1.82, 2.24) is 15.5 Å². The van der Waals surface area contributed by atoms with E-state index in [0.29, 0.717) is 25.9 Å². The molecule has 2 aromatic rings. The van der Waals surface area contributed by atoms with Gasteiger partial charge in [-0.2, -0.15) is 0 Å². The molecular formula is C34H50N4O5. The fraction of sp³-hybridized carbons (Fsp3) is 0.559. The molecule has 1 aliphatic rings. The molecule has 9 heteroatoms. The second-order valence-electron chi connectivity index (χ2n) is 13.0. The van der Waals surface area contributed by atoms with Gasteiger partial charge in [-0.25, -0.2) is 4.79 Å². The van der Waals surface area contributed by atoms with Gasteiger partial charge in [-0.3, -0.25) is 9.59 Å². The molecule has 0 unspecified atom stereocenters. The summed E-state index contributed by atoms with van der Waals surface area (Å²) in [7, 11) is 0. The molecule has 2 aromatic carbocycles. The highest BCUT2D eigenvalue weighted by Gasteiger charge is 2.34. The zero-order valence-corrected chi connectivity index (χ0v) is 26.3. The summed E-state index contributed by atoms with van der Waals surface area (Å²) < 4.78 is 5.48. The molecule has 0 bridgehead atoms. The molecule has 1 saturated heterocycles. The minimum Gasteiger partial charge on any atom is -0.444 e. The maximum Gasteiger partial charge on any atom is 0.407 e. The number of hydrogen-bond acceptors (Lipinski definition) is 6. The Balaban J connectivity index is 1.82. The standard InChI is InChI=1S/C34H50N4O5/c1-23(2)30(32(41)38-18-16-27(35)17-19-38)37-31(40)26(20-24-12-8-6-9-13-24)22-29(39)28(21-25-14-10-7-11-15-25)36-33(42)43-34(3,4)5/h6-15,23,26-30,39H,16-22,35H2,1-5H3,(H,36,42)(H,37,40)/t26-,28+,29-,30-/m0/s1. The Morgan fingerprint density at radius 3 is 1.98 bits per heavy atom. The number of rotatable bonds is 12. The third-order valence-corrected chi connectivity index (χ3v) is 7.77. The molecule has 9 nitrogen and oxygen atoms in total. The molecule has 43 heavy (non-hydrogen) atoms. The first-order valence-electron chi connectivity index (χ1n) is 15.4. The highest BCUT2D eigenvalue weighted by molar-refractivity contribution is 5.89. The molecule has 4 atom stereocenters. The average Bonchev–Trinajstić information content (AvgIpc) is 2.95. The van der Waals surface area contributed by atoms with Crippen LogP contribution in [0.2, 0.25) is 0 Å². The van der Waals surface area contributed by atoms with Crippen molar-refractivity contribution in [3.8, 4) is 0 Å². The number of nitrogens with zero attached hydrogens (tertiary/aromatic N) is 1. The van der Waals surface area contributed by atoms with Crippen molar-refractivity contribution in [2.24, 2.45) is 17.6 Å². The van der Waals surface area contributed by atoms with Crippen LogP contribution >= 0.6 is 0 Å². The number of hydrogen-bond donors (Lipinski definition) is 4. The highest BCUT2D eigenvalue weighted by Crippen LogP contribution is 2.21. The van der Waals surface area contributed by atoms with Crippen LogP contribution in [0.1, 0.15) is 65.0 Å². The molecule has 0 radical (unpaired) electrons. The lowest BCUT2D eigenvalue weighted by molar-refractivity contribution is -0.139. The fourth-order valence-electron chi connectivity index (χ4n) is 5.35. The zero-order valence-electron chi connectivity index (χ0n) is 26.3. The highest BCUT2D eigenvalue weighted by atomic mass is 16.6. The molecule has 1 heterocycles. The number of aliphatic hydroxyl groups is 1. The van der Waals surface area contributed by atoms with E-state index in [9.17, 15) is 19.5 Å². The summed E-state index contributed by atoms with van der Waals surface area (Å²) in [6.07, 6.45) is 0.566. The van der Waals surface area contributed by atoms with E-state index in [1.165, 1.54) is 0 Å². The smallest absolute Gasteiger partial charge is 0.407 e. The van der Waals surface area contributed by atoms with Gasteiger partial charge >= 0.3 is 6.09 Å². The van der Waals surface area contributed by atoms with Crippen LogP contribution in [0.15, 0.2) is 60.7 Å². The predicted molar refractivity (Wildman–Crippen MR) is 168 cm³/mol. The summed E-state index contributed by atoms with van der Waals surface area (Å²) in [6, 6.07) is 17.8. The summed E-state index contributed by atoms with van der Waals surface area (Å²) in [6.45, 7) is 10.3. The van der Waals surface area contributed by atoms with E-state index in [2.05, 4.69) is 10.6 Å². The van der Waals surface area contributed by atoms with Crippen molar-refractivity contribution in [2.75, 3.05) is 13.1 Å². The van der Waals surface area contributed by atoms with Gasteiger partial charge in [0.15, 0.2) is 0 Å². The summed E-state index contributed by atoms with van der Waals surface area (Å²) >= 11 is 0. The van der Waals surface area contributed by atoms with Crippen molar-refractivity contribution in [2.45, 2.75) is 96.6 Å². The number of nitrogens with one attached hydrogen (secondary N) is 2. The summed E-state index contributed by atoms with van der Waals surface area (Å²) in [5.74, 6) is -1.20. The molecule has 0 saturated carbocycles. The van der Waals surface area contributed by atoms with Crippen molar-refractivity contribution in [1.29, 1.82) is 0 Å². The third kappa shape index (κ3) is 11.3. The van der Waals surface area contributed by atoms with Gasteiger partial charge in [-0.1, -0.05) is 74.5 Å². The lowest BCUT2D eigenvalue weighted by Crippen LogP contribution is -2.55. The Hall–Kier alpha value is -3.43. The zero-order chi connectivity index (χ0) is 31.6. The summed E-state index contributed by atoms with van der Waals surface area (Å²) in [4.78, 5) is 41.9. The van der Waals surface area contributed by atoms with Gasteiger partial charge in [-0.05, 0) is 69.9 Å². The lowest BCUT2D eigenvalue weighted by atomic mass is 9.88. The number of likely N-dealkylation sites (tertiary alicyclic amines) is 1. The maximum atomic E-state index is 13.9. The van der Waals surface area contributed by atoms with Gasteiger partial charge < -0.3 is 31.1 Å². The first-order chi connectivity index (χ1) is 20.3. The summed E-state index contributed by atoms with van der Waals surface area (Å²) in [5, 5.41) is 17.4. The van der Waals surface area contributed by atoms with Crippen molar-refractivity contribution >= 4 is 17.9 Å². The topological polar surface area (TPSA) is 134 Å². The van der Waals surface area contributed by atoms with Gasteiger partial charge in [-0.15, -0.1) is 0 Å². The first-order valence-corrected chi connectivity index (χ1v) is 15.4. The number of benzene rings is 2. The number of carbonyl (C=O) groups excluding carboxylic acids is 3. The van der Waals surface area contributed by atoms with Gasteiger partial charge in [0.2, 0.25) is 11.8 Å². The van der Waals surface area contributed by atoms with Crippen LogP contribution in [0.5, 0.6) is 0 Å². The van der Waals surface area contributed by atoms with Crippen LogP contribution in [0.4, 0.5) is 4.79 Å². The van der Waals surface area contributed by atoms with Gasteiger partial charge in [0, 0.05) is 25.0 Å². The van der Waals surface area contributed by atoms with E-state index in [0.717, 1.165) is 24.0 Å². The second-order valence-corrected chi connectivity index (χ2v) is 13.0. The Bertz CT molecular complexity index is 1160. The van der Waals surface area contributed by atoms with Crippen LogP contribution in [0.25, 0.3) is 0 Å². The number of ether oxygens (including phenoxy) is 1. The van der Waals surface area contributed by atoms with E-state index in [4.69, 9.17) is 10.5 Å². The number of alkyl carbamates (subject to hydrolysis) is 1. The third-order valence-electron chi connectivity index (χ3n) is 7.77. The SMILES string of the molecule is CC(C)[C@H](NC(=O)[C@@H](Cc1ccccc1)C[C@H](O)[C@@H](Cc1ccccc1)NC(=O)OC(C)(C)C)C(=O)N1CCC(N)CC1. The Morgan fingerprint density at radius 1 is 0.930 bits per heavy atom. The van der Waals surface area contributed by atoms with Gasteiger partial charge in [0.05, 0.1) is 12.1 Å². The van der Waals surface area contributed by atoms with Crippen molar-refractivity contribution in [3.63, 3.8) is 0 Å². The van der Waals surface area contributed by atoms with Gasteiger partial charge in [0.25, 0.3) is 0 Å². The quantitative estimate of drug-likeness (QED) is 0.295. The normalized spacial score (nSPS) is 17.1. The number of amides is 3. The molecule has 0 aromatic heterocycles. The fourth-order valence-corrected chi connectivity index (χ4v) is 5.35. The number of aliphatic hydroxyl groups excluding tert-OH is 1. The molecule has 236 valence electrons. The van der Waals surface area contributed by atoms with Crippen LogP contribution < -0.4 is 16.4 Å². The van der Waals surface area contributed by atoms with E-state index in [-0.39, 0.29) is 30.2 Å². The minimum absolute atomic E-state index is 0.0750. The van der Waals surface area contributed by atoms with E-state index >= 15 is 0 Å². The monoisotopic (exact) mass is 594 g/mol. The molecule has 1 fully saturated rings. The Kier molecular flexibility index (Phi) is 12.6. The van der Waals surface area contributed by atoms with Crippen LogP contribution in [-0.4, -0.2) is 70.8 Å². The molecule has 3 rings (SSSR count). The van der Waals surface area contributed by atoms with Crippen molar-refractivity contribution < 1.29 is 24.2 Å². The average molecular weight is 595 g/mol. The van der Waals surface area contributed by atoms with Gasteiger partial charge in [0.1, 0.15) is 11.6 Å². The van der Waals surface area contributed by atoms with Crippen LogP contribution in [0.3, 0.4) is 0 Å². The first kappa shape index (κ1) is 34.1. The number of piperidine rings is 1. The lowest BCUT2D eigenvalue weighted by Gasteiger charge is -2.35. The second kappa shape index (κ2) is 15.9. The van der Waals surface area contributed by atoms with E-state index in [1.807, 2.05) is 74.5 Å². The molecule has 5 N–H and O–H groups in total. The molecule has 0 aliphatic carbocycles. The Morgan fingerprint density at radius 2 is 1.47 bits per heavy atom. The van der Waals surface area contributed by atoms with Crippen molar-refractivity contribution in [3.05, 3.63) is 71.8 Å². The van der Waals surface area contributed by atoms with Crippen LogP contribution in [-0.2, 0) is 27.2 Å². The molecular weight excluding hydrogens is 544 g/mol. The minimum atomic E-state index is -1.07. The number of carbonyl (C=O) groups is 3. The number of nitrogens with two attached hydrogens (primary N) is 1. The molecule has 1 aliphatic heterocycles. The predicted octanol–water partition coefficient (Wildman–Crippen LogP) is 3.82. The summed E-state index contributed by atoms with van der Waals surface area (Å²) in [5.41, 5.74) is 7.20. The Labute approximate surface area is 256 Å². The maximum absolute atomic E-state index is 13.9. The van der Waals surface area contributed by atoms with Crippen LogP contribution in [0, 0.1) is 11.8 Å². The molecule has 0 spiro atoms. The van der Waals surface area contributed by atoms with E-state index < -0.39 is 35.8 Å². The van der Waals surface area contributed by atoms with E-state index in [1.54, 1.807) is 25.7 Å². The molecule has 3 amide bonds.